The van der Waals surface area contributed by atoms with Crippen LogP contribution in [0.5, 0.6) is 11.5 Å². The second kappa shape index (κ2) is 8.93. The highest BCUT2D eigenvalue weighted by molar-refractivity contribution is 7.96. The molecule has 0 spiro atoms. The number of methoxy groups -OCH3 is 2. The van der Waals surface area contributed by atoms with Gasteiger partial charge in [-0.2, -0.15) is 0 Å². The number of allylic oxidation sites excluding steroid dienone is 2. The molecule has 0 fully saturated rings. The molecule has 0 aromatic heterocycles. The van der Waals surface area contributed by atoms with E-state index in [-0.39, 0.29) is 4.91 Å². The summed E-state index contributed by atoms with van der Waals surface area (Å²) in [7, 11) is -0.266. The molecule has 0 saturated heterocycles. The SMILES string of the molecule is COc1cc2c(cc1OC)CN(CCCNS(=O)(=O)C1=CC=CN3SNC=C13)CC2. The predicted molar refractivity (Wildman–Crippen MR) is 118 cm³/mol. The lowest BCUT2D eigenvalue weighted by molar-refractivity contribution is 0.250. The van der Waals surface area contributed by atoms with E-state index in [0.29, 0.717) is 12.2 Å². The van der Waals surface area contributed by atoms with E-state index in [2.05, 4.69) is 20.4 Å². The van der Waals surface area contributed by atoms with Gasteiger partial charge in [-0.15, -0.1) is 0 Å². The molecular formula is C20H26N4O4S2. The molecule has 0 radical (unpaired) electrons. The van der Waals surface area contributed by atoms with Crippen LogP contribution in [0.4, 0.5) is 0 Å². The van der Waals surface area contributed by atoms with E-state index in [1.54, 1.807) is 36.9 Å². The van der Waals surface area contributed by atoms with Crippen LogP contribution in [0.15, 0.2) is 47.3 Å². The summed E-state index contributed by atoms with van der Waals surface area (Å²) in [5, 5.41) is 0. The Morgan fingerprint density at radius 1 is 1.20 bits per heavy atom. The number of rotatable bonds is 8. The number of nitrogens with one attached hydrogen (secondary N) is 2. The zero-order chi connectivity index (χ0) is 21.1. The van der Waals surface area contributed by atoms with Crippen molar-refractivity contribution in [3.05, 3.63) is 58.4 Å². The van der Waals surface area contributed by atoms with Crippen molar-refractivity contribution in [2.24, 2.45) is 0 Å². The van der Waals surface area contributed by atoms with Crippen LogP contribution in [-0.4, -0.2) is 51.5 Å². The first kappa shape index (κ1) is 21.1. The minimum atomic E-state index is -3.56. The third-order valence-electron chi connectivity index (χ3n) is 5.34. The van der Waals surface area contributed by atoms with Crippen molar-refractivity contribution in [2.45, 2.75) is 19.4 Å². The quantitative estimate of drug-likeness (QED) is 0.460. The van der Waals surface area contributed by atoms with Crippen LogP contribution in [0, 0.1) is 0 Å². The van der Waals surface area contributed by atoms with Gasteiger partial charge < -0.3 is 14.2 Å². The summed E-state index contributed by atoms with van der Waals surface area (Å²) in [5.74, 6) is 1.50. The van der Waals surface area contributed by atoms with E-state index in [1.807, 2.05) is 12.3 Å². The Kier molecular flexibility index (Phi) is 6.28. The molecule has 1 aromatic carbocycles. The Hall–Kier alpha value is -2.14. The number of sulfonamides is 1. The minimum absolute atomic E-state index is 0.287. The fourth-order valence-electron chi connectivity index (χ4n) is 3.78. The Bertz CT molecular complexity index is 1000. The first-order valence-electron chi connectivity index (χ1n) is 9.78. The third-order valence-corrected chi connectivity index (χ3v) is 7.58. The molecule has 0 saturated carbocycles. The van der Waals surface area contributed by atoms with Crippen molar-refractivity contribution in [3.8, 4) is 11.5 Å². The molecule has 162 valence electrons. The maximum absolute atomic E-state index is 12.7. The van der Waals surface area contributed by atoms with Crippen molar-refractivity contribution in [2.75, 3.05) is 33.9 Å². The van der Waals surface area contributed by atoms with Crippen LogP contribution in [0.25, 0.3) is 0 Å². The van der Waals surface area contributed by atoms with Crippen molar-refractivity contribution in [1.82, 2.24) is 18.6 Å². The van der Waals surface area contributed by atoms with E-state index >= 15 is 0 Å². The molecule has 4 rings (SSSR count). The lowest BCUT2D eigenvalue weighted by Crippen LogP contribution is -2.34. The van der Waals surface area contributed by atoms with Crippen LogP contribution in [-0.2, 0) is 23.0 Å². The highest BCUT2D eigenvalue weighted by atomic mass is 32.2. The number of benzene rings is 1. The number of ether oxygens (including phenoxy) is 2. The summed E-state index contributed by atoms with van der Waals surface area (Å²) in [4.78, 5) is 2.63. The summed E-state index contributed by atoms with van der Waals surface area (Å²) in [5.41, 5.74) is 3.16. The van der Waals surface area contributed by atoms with Crippen LogP contribution >= 0.6 is 12.1 Å². The fraction of sp³-hybridized carbons (Fsp3) is 0.400. The molecule has 0 aliphatic carbocycles. The van der Waals surface area contributed by atoms with Gasteiger partial charge in [0.25, 0.3) is 0 Å². The smallest absolute Gasteiger partial charge is 0.242 e. The number of fused-ring (bicyclic) bond motifs is 2. The summed E-state index contributed by atoms with van der Waals surface area (Å²) >= 11 is 1.34. The zero-order valence-electron chi connectivity index (χ0n) is 17.1. The van der Waals surface area contributed by atoms with Gasteiger partial charge in [0.2, 0.25) is 10.0 Å². The predicted octanol–water partition coefficient (Wildman–Crippen LogP) is 2.09. The Morgan fingerprint density at radius 3 is 2.73 bits per heavy atom. The van der Waals surface area contributed by atoms with Crippen molar-refractivity contribution in [3.63, 3.8) is 0 Å². The average Bonchev–Trinajstić information content (AvgIpc) is 3.24. The molecule has 0 unspecified atom stereocenters. The second-order valence-corrected chi connectivity index (χ2v) is 9.74. The first-order valence-corrected chi connectivity index (χ1v) is 12.0. The molecule has 3 heterocycles. The lowest BCUT2D eigenvalue weighted by Gasteiger charge is -2.29. The van der Waals surface area contributed by atoms with Crippen molar-refractivity contribution in [1.29, 1.82) is 0 Å². The van der Waals surface area contributed by atoms with E-state index in [4.69, 9.17) is 9.47 Å². The molecule has 0 bridgehead atoms. The fourth-order valence-corrected chi connectivity index (χ4v) is 5.76. The standard InChI is InChI=1S/C20H26N4O4S2/c1-27-18-11-15-6-10-23(14-16(15)12-19(18)28-2)8-4-7-22-30(25,26)20-5-3-9-24-17(20)13-21-29-24/h3,5,9,11-13,21-22H,4,6-8,10,14H2,1-2H3. The van der Waals surface area contributed by atoms with Crippen LogP contribution in [0.3, 0.4) is 0 Å². The number of hydrogen-bond acceptors (Lipinski definition) is 8. The Labute approximate surface area is 181 Å². The van der Waals surface area contributed by atoms with Gasteiger partial charge in [-0.25, -0.2) is 13.1 Å². The van der Waals surface area contributed by atoms with Crippen LogP contribution in [0.2, 0.25) is 0 Å². The number of hydrogen-bond donors (Lipinski definition) is 2. The summed E-state index contributed by atoms with van der Waals surface area (Å²) in [6, 6.07) is 4.10. The van der Waals surface area contributed by atoms with Gasteiger partial charge in [0.1, 0.15) is 4.91 Å². The van der Waals surface area contributed by atoms with Gasteiger partial charge in [-0.05, 0) is 54.8 Å². The second-order valence-electron chi connectivity index (χ2n) is 7.19. The third kappa shape index (κ3) is 4.31. The van der Waals surface area contributed by atoms with Crippen LogP contribution in [0.1, 0.15) is 17.5 Å². The lowest BCUT2D eigenvalue weighted by atomic mass is 9.98. The average molecular weight is 451 g/mol. The van der Waals surface area contributed by atoms with E-state index in [9.17, 15) is 8.42 Å². The largest absolute Gasteiger partial charge is 0.493 e. The molecule has 10 heteroatoms. The van der Waals surface area contributed by atoms with E-state index in [0.717, 1.165) is 44.0 Å². The highest BCUT2D eigenvalue weighted by Gasteiger charge is 2.29. The first-order chi connectivity index (χ1) is 14.5. The topological polar surface area (TPSA) is 83.1 Å². The van der Waals surface area contributed by atoms with Crippen molar-refractivity contribution >= 4 is 22.2 Å². The van der Waals surface area contributed by atoms with Crippen molar-refractivity contribution < 1.29 is 17.9 Å². The molecule has 3 aliphatic heterocycles. The molecule has 0 atom stereocenters. The Morgan fingerprint density at radius 2 is 1.97 bits per heavy atom. The maximum atomic E-state index is 12.7. The normalized spacial score (nSPS) is 18.3. The molecule has 30 heavy (non-hydrogen) atoms. The molecular weight excluding hydrogens is 424 g/mol. The monoisotopic (exact) mass is 450 g/mol. The molecule has 2 N–H and O–H groups in total. The summed E-state index contributed by atoms with van der Waals surface area (Å²) in [6.07, 6.45) is 8.57. The molecule has 8 nitrogen and oxygen atoms in total. The number of nitrogens with zero attached hydrogens (tertiary/aromatic N) is 2. The van der Waals surface area contributed by atoms with Gasteiger partial charge in [0, 0.05) is 32.0 Å². The summed E-state index contributed by atoms with van der Waals surface area (Å²) < 4.78 is 43.7. The maximum Gasteiger partial charge on any atom is 0.242 e. The highest BCUT2D eigenvalue weighted by Crippen LogP contribution is 2.34. The van der Waals surface area contributed by atoms with Gasteiger partial charge in [-0.1, -0.05) is 0 Å². The Balaban J connectivity index is 1.30. The zero-order valence-corrected chi connectivity index (χ0v) is 18.7. The molecule has 1 aromatic rings. The van der Waals surface area contributed by atoms with Crippen LogP contribution < -0.4 is 18.9 Å². The van der Waals surface area contributed by atoms with E-state index < -0.39 is 10.0 Å². The van der Waals surface area contributed by atoms with Gasteiger partial charge in [-0.3, -0.25) is 9.21 Å². The van der Waals surface area contributed by atoms with E-state index in [1.165, 1.54) is 23.3 Å². The minimum Gasteiger partial charge on any atom is -0.493 e. The summed E-state index contributed by atoms with van der Waals surface area (Å²) in [6.45, 7) is 2.98. The van der Waals surface area contributed by atoms with Gasteiger partial charge >= 0.3 is 0 Å². The molecule has 0 amide bonds. The molecule has 3 aliphatic rings. The van der Waals surface area contributed by atoms with Gasteiger partial charge in [0.15, 0.2) is 11.5 Å². The van der Waals surface area contributed by atoms with Gasteiger partial charge in [0.05, 0.1) is 32.1 Å².